The Labute approximate surface area is 357 Å². The van der Waals surface area contributed by atoms with Gasteiger partial charge < -0.3 is 34.9 Å². The molecule has 3 aromatic rings. The molecule has 9 atom stereocenters. The number of likely N-dealkylation sites (N-methyl/N-ethyl adjacent to an activating group) is 2. The van der Waals surface area contributed by atoms with Crippen LogP contribution in [0.25, 0.3) is 0 Å². The average Bonchev–Trinajstić information content (AvgIpc) is 4.04. The van der Waals surface area contributed by atoms with Crippen LogP contribution in [0.1, 0.15) is 96.6 Å². The number of methoxy groups -OCH3 is 2. The molecule has 13 nitrogen and oxygen atoms in total. The van der Waals surface area contributed by atoms with E-state index >= 15 is 0 Å². The van der Waals surface area contributed by atoms with Gasteiger partial charge in [-0.15, -0.1) is 11.3 Å². The van der Waals surface area contributed by atoms with E-state index in [-0.39, 0.29) is 60.1 Å². The summed E-state index contributed by atoms with van der Waals surface area (Å²) in [6.45, 7) is 16.5. The SMILES string of the molecule is CC[C@H](C)[C@@H]([C@@H](CC(=O)N1CCC[C@H]1[C@H](OC)[C@@H](C)C(=O)N[C@@H](Cc1ccccc1)c1nccs1)OC)N(C)C(=O)[C@@H](NC[C@H](C(C)C)N(C)Cc1ncc[nH]1)C(C)C. The van der Waals surface area contributed by atoms with E-state index < -0.39 is 24.2 Å². The zero-order chi connectivity index (χ0) is 43.2. The van der Waals surface area contributed by atoms with Gasteiger partial charge in [0.1, 0.15) is 10.8 Å². The number of benzene rings is 1. The lowest BCUT2D eigenvalue weighted by molar-refractivity contribution is -0.147. The van der Waals surface area contributed by atoms with Crippen molar-refractivity contribution >= 4 is 29.1 Å². The van der Waals surface area contributed by atoms with Crippen LogP contribution in [-0.4, -0.2) is 125 Å². The molecule has 1 aliphatic heterocycles. The summed E-state index contributed by atoms with van der Waals surface area (Å²) in [5.74, 6) is 0.568. The third-order valence-electron chi connectivity index (χ3n) is 12.4. The molecule has 4 rings (SSSR count). The minimum atomic E-state index is -0.540. The Morgan fingerprint density at radius 3 is 2.31 bits per heavy atom. The third kappa shape index (κ3) is 12.9. The number of aromatic amines is 1. The third-order valence-corrected chi connectivity index (χ3v) is 13.3. The van der Waals surface area contributed by atoms with Gasteiger partial charge in [-0.2, -0.15) is 0 Å². The Morgan fingerprint density at radius 1 is 1.00 bits per heavy atom. The van der Waals surface area contributed by atoms with Crippen molar-refractivity contribution in [2.24, 2.45) is 23.7 Å². The van der Waals surface area contributed by atoms with Crippen molar-refractivity contribution in [1.29, 1.82) is 0 Å². The summed E-state index contributed by atoms with van der Waals surface area (Å²) < 4.78 is 12.2. The first-order valence-corrected chi connectivity index (χ1v) is 22.4. The summed E-state index contributed by atoms with van der Waals surface area (Å²) in [7, 11) is 7.20. The lowest BCUT2D eigenvalue weighted by Gasteiger charge is -2.41. The minimum absolute atomic E-state index is 0.0161. The first-order chi connectivity index (χ1) is 28.2. The maximum absolute atomic E-state index is 14.5. The number of H-pyrrole nitrogens is 1. The summed E-state index contributed by atoms with van der Waals surface area (Å²) in [4.78, 5) is 61.0. The van der Waals surface area contributed by atoms with E-state index in [9.17, 15) is 14.4 Å². The van der Waals surface area contributed by atoms with Crippen LogP contribution in [0, 0.1) is 23.7 Å². The van der Waals surface area contributed by atoms with Crippen molar-refractivity contribution < 1.29 is 23.9 Å². The predicted octanol–water partition coefficient (Wildman–Crippen LogP) is 5.96. The summed E-state index contributed by atoms with van der Waals surface area (Å²) in [5.41, 5.74) is 1.10. The van der Waals surface area contributed by atoms with Crippen LogP contribution in [0.2, 0.25) is 0 Å². The summed E-state index contributed by atoms with van der Waals surface area (Å²) >= 11 is 1.52. The molecule has 0 unspecified atom stereocenters. The van der Waals surface area contributed by atoms with Crippen molar-refractivity contribution in [1.82, 2.24) is 40.3 Å². The molecular weight excluding hydrogens is 765 g/mol. The summed E-state index contributed by atoms with van der Waals surface area (Å²) in [6.07, 6.45) is 7.35. The number of nitrogens with zero attached hydrogens (tertiary/aromatic N) is 5. The van der Waals surface area contributed by atoms with Crippen molar-refractivity contribution in [3.05, 3.63) is 70.7 Å². The van der Waals surface area contributed by atoms with E-state index in [4.69, 9.17) is 9.47 Å². The monoisotopic (exact) mass is 837 g/mol. The fourth-order valence-corrected chi connectivity index (χ4v) is 9.47. The quantitative estimate of drug-likeness (QED) is 0.0997. The zero-order valence-electron chi connectivity index (χ0n) is 37.4. The van der Waals surface area contributed by atoms with Crippen LogP contribution in [0.15, 0.2) is 54.3 Å². The Morgan fingerprint density at radius 2 is 1.73 bits per heavy atom. The number of rotatable bonds is 24. The standard InChI is InChI=1S/C45H72N8O5S/c1-12-31(6)41(52(9)45(56)40(30(4)5)49-27-36(29(2)3)51(8)28-38-46-20-21-47-38)37(57-10)26-39(54)53-23-16-19-35(53)42(58-11)32(7)43(55)50-34(44-48-22-24-59-44)25-33-17-14-13-15-18-33/h13-15,17-18,20-22,24,29-32,34-37,40-42,49H,12,16,19,23,25-28H2,1-11H3,(H,46,47)(H,50,55)/t31-,32+,34-,35-,36+,37+,40-,41-,42+/m0/s1. The normalized spacial score (nSPS) is 18.7. The van der Waals surface area contributed by atoms with Crippen molar-refractivity contribution in [2.75, 3.05) is 41.4 Å². The van der Waals surface area contributed by atoms with Gasteiger partial charge in [0.25, 0.3) is 0 Å². The number of thiazole rings is 1. The van der Waals surface area contributed by atoms with E-state index in [0.29, 0.717) is 32.0 Å². The molecule has 1 saturated heterocycles. The number of hydrogen-bond donors (Lipinski definition) is 3. The first-order valence-electron chi connectivity index (χ1n) is 21.5. The highest BCUT2D eigenvalue weighted by Gasteiger charge is 2.43. The maximum Gasteiger partial charge on any atom is 0.240 e. The molecule has 1 aliphatic rings. The molecule has 14 heteroatoms. The van der Waals surface area contributed by atoms with Gasteiger partial charge >= 0.3 is 0 Å². The van der Waals surface area contributed by atoms with Crippen LogP contribution >= 0.6 is 11.3 Å². The smallest absolute Gasteiger partial charge is 0.240 e. The lowest BCUT2D eigenvalue weighted by atomic mass is 9.89. The van der Waals surface area contributed by atoms with Crippen LogP contribution in [0.3, 0.4) is 0 Å². The molecule has 3 N–H and O–H groups in total. The fourth-order valence-electron chi connectivity index (χ4n) is 8.78. The number of nitrogens with one attached hydrogen (secondary N) is 3. The molecule has 328 valence electrons. The van der Waals surface area contributed by atoms with Crippen LogP contribution in [-0.2, 0) is 36.8 Å². The van der Waals surface area contributed by atoms with Gasteiger partial charge in [-0.05, 0) is 49.6 Å². The van der Waals surface area contributed by atoms with Crippen LogP contribution in [0.4, 0.5) is 0 Å². The highest BCUT2D eigenvalue weighted by atomic mass is 32.1. The molecule has 3 heterocycles. The van der Waals surface area contributed by atoms with Gasteiger partial charge in [-0.1, -0.05) is 85.2 Å². The highest BCUT2D eigenvalue weighted by Crippen LogP contribution is 2.30. The van der Waals surface area contributed by atoms with Gasteiger partial charge in [0.15, 0.2) is 0 Å². The average molecular weight is 837 g/mol. The zero-order valence-corrected chi connectivity index (χ0v) is 38.2. The number of carbonyl (C=O) groups is 3. The fraction of sp³-hybridized carbons (Fsp3) is 0.667. The maximum atomic E-state index is 14.5. The van der Waals surface area contributed by atoms with E-state index in [1.165, 1.54) is 11.3 Å². The Bertz CT molecular complexity index is 1680. The molecule has 1 fully saturated rings. The topological polar surface area (TPSA) is 145 Å². The van der Waals surface area contributed by atoms with E-state index in [2.05, 4.69) is 91.2 Å². The van der Waals surface area contributed by atoms with Crippen LogP contribution < -0.4 is 10.6 Å². The molecule has 3 amide bonds. The highest BCUT2D eigenvalue weighted by molar-refractivity contribution is 7.09. The predicted molar refractivity (Wildman–Crippen MR) is 235 cm³/mol. The van der Waals surface area contributed by atoms with Gasteiger partial charge in [0.2, 0.25) is 17.7 Å². The Balaban J connectivity index is 1.46. The largest absolute Gasteiger partial charge is 0.379 e. The number of ether oxygens (including phenoxy) is 2. The molecule has 0 saturated carbocycles. The molecule has 2 aromatic heterocycles. The van der Waals surface area contributed by atoms with Crippen LogP contribution in [0.5, 0.6) is 0 Å². The van der Waals surface area contributed by atoms with Crippen molar-refractivity contribution in [3.63, 3.8) is 0 Å². The number of amides is 3. The second kappa shape index (κ2) is 23.3. The number of likely N-dealkylation sites (tertiary alicyclic amines) is 1. The second-order valence-corrected chi connectivity index (χ2v) is 18.0. The Kier molecular flexibility index (Phi) is 19.0. The molecule has 0 radical (unpaired) electrons. The van der Waals surface area contributed by atoms with Gasteiger partial charge in [0, 0.05) is 64.4 Å². The van der Waals surface area contributed by atoms with Crippen molar-refractivity contribution in [3.8, 4) is 0 Å². The number of aromatic nitrogens is 3. The Hall–Kier alpha value is -3.69. The molecule has 1 aromatic carbocycles. The summed E-state index contributed by atoms with van der Waals surface area (Å²) in [6, 6.07) is 8.89. The lowest BCUT2D eigenvalue weighted by Crippen LogP contribution is -2.58. The van der Waals surface area contributed by atoms with Gasteiger partial charge in [-0.3, -0.25) is 19.3 Å². The van der Waals surface area contributed by atoms with E-state index in [1.54, 1.807) is 26.6 Å². The molecule has 0 aliphatic carbocycles. The number of hydrogen-bond acceptors (Lipinski definition) is 10. The first kappa shape index (κ1) is 48.0. The van der Waals surface area contributed by atoms with E-state index in [1.807, 2.05) is 53.5 Å². The van der Waals surface area contributed by atoms with Crippen molar-refractivity contribution in [2.45, 2.75) is 130 Å². The number of carbonyl (C=O) groups excluding carboxylic acids is 3. The molecule has 59 heavy (non-hydrogen) atoms. The van der Waals surface area contributed by atoms with Gasteiger partial charge in [-0.25, -0.2) is 9.97 Å². The molecule has 0 spiro atoms. The minimum Gasteiger partial charge on any atom is -0.379 e. The number of imidazole rings is 1. The molecule has 0 bridgehead atoms. The molecular formula is C45H72N8O5S. The summed E-state index contributed by atoms with van der Waals surface area (Å²) in [5, 5.41) is 9.66. The van der Waals surface area contributed by atoms with E-state index in [0.717, 1.165) is 35.7 Å². The van der Waals surface area contributed by atoms with Gasteiger partial charge in [0.05, 0.1) is 55.3 Å². The second-order valence-electron chi connectivity index (χ2n) is 17.1.